The van der Waals surface area contributed by atoms with E-state index in [-0.39, 0.29) is 85.5 Å². The summed E-state index contributed by atoms with van der Waals surface area (Å²) in [7, 11) is 5.04. The number of halogens is 7. The van der Waals surface area contributed by atoms with Crippen molar-refractivity contribution in [3.8, 4) is 22.5 Å². The van der Waals surface area contributed by atoms with Crippen LogP contribution in [0.3, 0.4) is 0 Å². The summed E-state index contributed by atoms with van der Waals surface area (Å²) in [5, 5.41) is 7.87. The maximum Gasteiger partial charge on any atom is 0.406 e. The van der Waals surface area contributed by atoms with Gasteiger partial charge in [0.25, 0.3) is 0 Å². The number of hydrazine groups is 1. The number of thiazole rings is 1. The zero-order valence-corrected chi connectivity index (χ0v) is 43.5. The minimum Gasteiger partial charge on any atom is -0.464 e. The number of pyridine rings is 1. The number of nitrogens with zero attached hydrogens (tertiary/aromatic N) is 7. The lowest BCUT2D eigenvalue weighted by molar-refractivity contribution is -0.152. The molecule has 2 N–H and O–H groups in total. The zero-order chi connectivity index (χ0) is 52.6. The number of fused-ring (bicyclic) bond motifs is 6. The lowest BCUT2D eigenvalue weighted by Crippen LogP contribution is -2.58. The van der Waals surface area contributed by atoms with Gasteiger partial charge < -0.3 is 34.2 Å². The summed E-state index contributed by atoms with van der Waals surface area (Å²) in [6, 6.07) is 2.61. The summed E-state index contributed by atoms with van der Waals surface area (Å²) in [5.74, 6) is -1.22. The molecule has 4 aromatic rings. The van der Waals surface area contributed by atoms with Crippen molar-refractivity contribution < 1.29 is 49.8 Å². The third kappa shape index (κ3) is 12.3. The minimum absolute atomic E-state index is 0.0363. The van der Waals surface area contributed by atoms with Crippen LogP contribution in [-0.2, 0) is 38.4 Å². The van der Waals surface area contributed by atoms with E-state index in [1.54, 1.807) is 49.6 Å². The van der Waals surface area contributed by atoms with E-state index in [0.29, 0.717) is 53.1 Å². The molecule has 1 amide bonds. The monoisotopic (exact) mass is 1050 g/mol. The van der Waals surface area contributed by atoms with Crippen molar-refractivity contribution in [2.24, 2.45) is 11.3 Å². The van der Waals surface area contributed by atoms with Crippen LogP contribution in [0, 0.1) is 17.2 Å². The van der Waals surface area contributed by atoms with E-state index in [1.165, 1.54) is 23.3 Å². The summed E-state index contributed by atoms with van der Waals surface area (Å²) >= 11 is 1.29. The second kappa shape index (κ2) is 22.2. The van der Waals surface area contributed by atoms with Gasteiger partial charge in [-0.1, -0.05) is 39.7 Å². The van der Waals surface area contributed by atoms with Crippen LogP contribution in [0.5, 0.6) is 0 Å². The van der Waals surface area contributed by atoms with Crippen molar-refractivity contribution in [2.75, 3.05) is 72.0 Å². The predicted octanol–water partition coefficient (Wildman–Crippen LogP) is 9.46. The average molecular weight is 1050 g/mol. The largest absolute Gasteiger partial charge is 0.464 e. The van der Waals surface area contributed by atoms with Gasteiger partial charge in [-0.25, -0.2) is 14.8 Å². The Morgan fingerprint density at radius 2 is 1.74 bits per heavy atom. The van der Waals surface area contributed by atoms with Gasteiger partial charge in [0.2, 0.25) is 5.91 Å². The SMILES string of the molecule is CC/C=C1\[C@@H](N(C)C(=O)[C@@H](NC)C2CCCC2)Cc2nc(cs2)-c2cc3c(c(-c4cc(N5CCN(CC(F)(F)F)CC5)cnc4[C@H](C)OC)n(CC(F)(F)F)c3cc2F)CC(C)(C)COC(=O)[C@@H]2CCCN1N2. The number of methoxy groups -OCH3 is 1. The van der Waals surface area contributed by atoms with Crippen LogP contribution in [-0.4, -0.2) is 139 Å². The van der Waals surface area contributed by atoms with E-state index in [9.17, 15) is 22.8 Å². The number of likely N-dealkylation sites (N-methyl/N-ethyl adjacent to an activating group) is 2. The van der Waals surface area contributed by atoms with Crippen molar-refractivity contribution in [1.82, 2.24) is 40.1 Å². The number of hydrogen-bond donors (Lipinski definition) is 2. The van der Waals surface area contributed by atoms with Crippen LogP contribution in [0.2, 0.25) is 0 Å². The van der Waals surface area contributed by atoms with E-state index in [0.717, 1.165) is 42.0 Å². The molecule has 1 aliphatic carbocycles. The number of amides is 1. The van der Waals surface area contributed by atoms with Gasteiger partial charge in [-0.2, -0.15) is 26.3 Å². The Kier molecular flexibility index (Phi) is 16.5. The summed E-state index contributed by atoms with van der Waals surface area (Å²) in [6.07, 6.45) is -0.341. The molecule has 400 valence electrons. The highest BCUT2D eigenvalue weighted by Gasteiger charge is 2.40. The number of carbonyl (C=O) groups excluding carboxylic acids is 2. The van der Waals surface area contributed by atoms with E-state index in [2.05, 4.69) is 16.8 Å². The van der Waals surface area contributed by atoms with Gasteiger partial charge in [-0.05, 0) is 82.2 Å². The highest BCUT2D eigenvalue weighted by Crippen LogP contribution is 2.45. The van der Waals surface area contributed by atoms with Gasteiger partial charge in [-0.15, -0.1) is 11.3 Å². The van der Waals surface area contributed by atoms with E-state index in [4.69, 9.17) is 19.4 Å². The van der Waals surface area contributed by atoms with E-state index in [1.807, 2.05) is 30.7 Å². The first-order valence-electron chi connectivity index (χ1n) is 25.4. The second-order valence-electron chi connectivity index (χ2n) is 20.8. The van der Waals surface area contributed by atoms with Crippen LogP contribution in [0.4, 0.5) is 36.4 Å². The molecule has 0 spiro atoms. The summed E-state index contributed by atoms with van der Waals surface area (Å²) in [4.78, 5) is 43.5. The molecule has 8 rings (SSSR count). The summed E-state index contributed by atoms with van der Waals surface area (Å²) in [6.45, 7) is 5.84. The van der Waals surface area contributed by atoms with E-state index < -0.39 is 66.9 Å². The first-order chi connectivity index (χ1) is 34.6. The first kappa shape index (κ1) is 54.4. The molecule has 3 aromatic heterocycles. The Morgan fingerprint density at radius 3 is 2.40 bits per heavy atom. The Balaban J connectivity index is 1.30. The van der Waals surface area contributed by atoms with Gasteiger partial charge in [-0.3, -0.25) is 19.5 Å². The second-order valence-corrected chi connectivity index (χ2v) is 21.8. The van der Waals surface area contributed by atoms with Gasteiger partial charge in [0.05, 0.1) is 70.8 Å². The molecule has 21 heteroatoms. The van der Waals surface area contributed by atoms with Gasteiger partial charge in [0, 0.05) is 86.3 Å². The smallest absolute Gasteiger partial charge is 0.406 e. The number of ether oxygens (including phenoxy) is 2. The molecule has 1 saturated carbocycles. The number of piperazine rings is 1. The van der Waals surface area contributed by atoms with Crippen LogP contribution < -0.4 is 15.6 Å². The van der Waals surface area contributed by atoms with Crippen molar-refractivity contribution in [3.05, 3.63) is 63.6 Å². The molecule has 6 heterocycles. The molecule has 0 unspecified atom stereocenters. The number of allylic oxidation sites excluding steroid dienone is 1. The average Bonchev–Trinajstić information content (AvgIpc) is 4.11. The number of hydrogen-bond acceptors (Lipinski definition) is 12. The summed E-state index contributed by atoms with van der Waals surface area (Å²) in [5.41, 5.74) is 5.16. The number of carbonyl (C=O) groups is 2. The normalized spacial score (nSPS) is 22.2. The molecule has 6 bridgehead atoms. The Labute approximate surface area is 426 Å². The quantitative estimate of drug-likeness (QED) is 0.111. The third-order valence-electron chi connectivity index (χ3n) is 14.9. The fourth-order valence-corrected chi connectivity index (χ4v) is 12.0. The number of aromatic nitrogens is 3. The van der Waals surface area contributed by atoms with Crippen molar-refractivity contribution in [3.63, 3.8) is 0 Å². The molecular weight excluding hydrogens is 980 g/mol. The van der Waals surface area contributed by atoms with Crippen LogP contribution in [0.1, 0.15) is 95.0 Å². The fourth-order valence-electron chi connectivity index (χ4n) is 11.2. The molecule has 1 aromatic carbocycles. The van der Waals surface area contributed by atoms with Gasteiger partial charge >= 0.3 is 18.3 Å². The maximum absolute atomic E-state index is 17.0. The molecule has 4 atom stereocenters. The highest BCUT2D eigenvalue weighted by atomic mass is 32.1. The molecule has 3 fully saturated rings. The van der Waals surface area contributed by atoms with Crippen molar-refractivity contribution in [1.29, 1.82) is 0 Å². The molecule has 2 saturated heterocycles. The maximum atomic E-state index is 17.0. The number of anilines is 1. The Hall–Kier alpha value is -4.83. The number of benzene rings is 1. The lowest BCUT2D eigenvalue weighted by atomic mass is 9.84. The molecule has 3 aliphatic heterocycles. The van der Waals surface area contributed by atoms with Crippen LogP contribution in [0.15, 0.2) is 41.5 Å². The zero-order valence-electron chi connectivity index (χ0n) is 42.7. The number of rotatable bonds is 11. The predicted molar refractivity (Wildman–Crippen MR) is 267 cm³/mol. The molecular formula is C52H68F7N9O4S. The van der Waals surface area contributed by atoms with Gasteiger partial charge in [0.15, 0.2) is 0 Å². The van der Waals surface area contributed by atoms with Crippen molar-refractivity contribution >= 4 is 39.8 Å². The van der Waals surface area contributed by atoms with Gasteiger partial charge in [0.1, 0.15) is 18.4 Å². The lowest BCUT2D eigenvalue weighted by Gasteiger charge is -2.42. The standard InChI is InChI=1S/C52H68F7N9O4S/c1-8-12-41-43(64(6)48(69)46(60-5)32-13-9-10-14-32)24-44-62-40(27-73-44)35-22-34-37(25-50(3,4)30-72-49(70)39-15-11-16-68(41)63-39)47(67(29-52(57,58)59)42(34)23-38(35)53)36-21-33(26-61-45(36)31(2)71-7)66-19-17-65(18-20-66)28-51(54,55)56/h12,21-23,26-27,31-32,39,43,46,60,63H,8-11,13-20,24-25,28-30H2,1-7H3/b41-12+/t31-,39-,43-,46-/m0/s1. The fraction of sp³-hybridized carbons (Fsp3) is 0.615. The number of nitrogens with one attached hydrogen (secondary N) is 2. The molecule has 13 nitrogen and oxygen atoms in total. The molecule has 0 radical (unpaired) electrons. The number of esters is 1. The number of alkyl halides is 6. The molecule has 73 heavy (non-hydrogen) atoms. The Morgan fingerprint density at radius 1 is 1.03 bits per heavy atom. The topological polar surface area (TPSA) is 120 Å². The first-order valence-corrected chi connectivity index (χ1v) is 26.2. The van der Waals surface area contributed by atoms with Crippen LogP contribution in [0.25, 0.3) is 33.4 Å². The number of cyclic esters (lactones) is 1. The minimum atomic E-state index is -4.79. The molecule has 4 aliphatic rings. The summed E-state index contributed by atoms with van der Waals surface area (Å²) < 4.78 is 115. The third-order valence-corrected chi connectivity index (χ3v) is 15.8. The van der Waals surface area contributed by atoms with Crippen LogP contribution >= 0.6 is 11.3 Å². The highest BCUT2D eigenvalue weighted by molar-refractivity contribution is 7.10. The Bertz CT molecular complexity index is 2640. The van der Waals surface area contributed by atoms with E-state index >= 15 is 17.6 Å². The van der Waals surface area contributed by atoms with Crippen molar-refractivity contribution in [2.45, 2.75) is 129 Å².